The Kier molecular flexibility index (Phi) is 5.45. The van der Waals surface area contributed by atoms with E-state index in [1.165, 1.54) is 4.90 Å². The van der Waals surface area contributed by atoms with Gasteiger partial charge in [-0.2, -0.15) is 0 Å². The smallest absolute Gasteiger partial charge is 0.235 e. The number of carbonyl (C=O) groups excluding carboxylic acids is 2. The van der Waals surface area contributed by atoms with Gasteiger partial charge in [0.05, 0.1) is 33.6 Å². The Morgan fingerprint density at radius 3 is 2.64 bits per heavy atom. The molecule has 7 nitrogen and oxygen atoms in total. The lowest BCUT2D eigenvalue weighted by Gasteiger charge is -2.54. The minimum absolute atomic E-state index is 0.116. The van der Waals surface area contributed by atoms with Crippen LogP contribution in [0.5, 0.6) is 0 Å². The molecule has 2 saturated heterocycles. The molecule has 1 unspecified atom stereocenters. The van der Waals surface area contributed by atoms with Crippen molar-refractivity contribution in [2.24, 2.45) is 16.7 Å². The molecule has 0 radical (unpaired) electrons. The minimum Gasteiger partial charge on any atom is -0.380 e. The summed E-state index contributed by atoms with van der Waals surface area (Å²) in [6.07, 6.45) is 4.09. The summed E-state index contributed by atoms with van der Waals surface area (Å²) in [5, 5.41) is 7.61. The average Bonchev–Trinajstić information content (AvgIpc) is 3.25. The summed E-state index contributed by atoms with van der Waals surface area (Å²) >= 11 is 7.99. The highest BCUT2D eigenvalue weighted by Gasteiger charge is 2.51. The molecule has 2 aliphatic heterocycles. The molecule has 3 aromatic rings. The molecule has 6 rings (SSSR count). The summed E-state index contributed by atoms with van der Waals surface area (Å²) < 4.78 is 0.976. The fraction of sp³-hybridized carbons (Fsp3) is 0.481. The molecule has 0 aromatic carbocycles. The number of aromatic nitrogens is 2. The predicted octanol–water partition coefficient (Wildman–Crippen LogP) is 5.02. The van der Waals surface area contributed by atoms with Crippen molar-refractivity contribution < 1.29 is 9.59 Å². The maximum atomic E-state index is 12.9. The van der Waals surface area contributed by atoms with Crippen LogP contribution in [0.25, 0.3) is 21.5 Å². The van der Waals surface area contributed by atoms with Gasteiger partial charge >= 0.3 is 0 Å². The summed E-state index contributed by atoms with van der Waals surface area (Å²) in [6.45, 7) is 10.1. The zero-order valence-electron chi connectivity index (χ0n) is 20.9. The fourth-order valence-electron chi connectivity index (χ4n) is 5.80. The van der Waals surface area contributed by atoms with E-state index in [0.717, 1.165) is 63.5 Å². The molecular formula is C27H30ClN5O2S. The number of anilines is 1. The number of likely N-dealkylation sites (tertiary alicyclic amines) is 1. The van der Waals surface area contributed by atoms with Gasteiger partial charge in [-0.25, -0.2) is 4.98 Å². The molecule has 2 amide bonds. The second kappa shape index (κ2) is 8.23. The Morgan fingerprint density at radius 1 is 1.25 bits per heavy atom. The van der Waals surface area contributed by atoms with Crippen molar-refractivity contribution in [1.29, 1.82) is 0 Å². The zero-order chi connectivity index (χ0) is 25.4. The maximum Gasteiger partial charge on any atom is 0.235 e. The number of halogens is 1. The van der Waals surface area contributed by atoms with Gasteiger partial charge in [0, 0.05) is 41.7 Å². The van der Waals surface area contributed by atoms with Gasteiger partial charge < -0.3 is 10.6 Å². The van der Waals surface area contributed by atoms with Crippen molar-refractivity contribution >= 4 is 50.7 Å². The monoisotopic (exact) mass is 523 g/mol. The third-order valence-electron chi connectivity index (χ3n) is 8.44. The fourth-order valence-corrected chi connectivity index (χ4v) is 7.17. The first-order chi connectivity index (χ1) is 17.1. The van der Waals surface area contributed by atoms with E-state index >= 15 is 0 Å². The van der Waals surface area contributed by atoms with Crippen LogP contribution in [0.1, 0.15) is 44.1 Å². The van der Waals surface area contributed by atoms with E-state index in [-0.39, 0.29) is 24.3 Å². The van der Waals surface area contributed by atoms with Crippen molar-refractivity contribution in [3.8, 4) is 11.3 Å². The first-order valence-electron chi connectivity index (χ1n) is 12.5. The molecule has 36 heavy (non-hydrogen) atoms. The Bertz CT molecular complexity index is 1400. The number of nitrogens with one attached hydrogen (secondary N) is 2. The maximum absolute atomic E-state index is 12.9. The van der Waals surface area contributed by atoms with Crippen LogP contribution in [-0.4, -0.2) is 45.8 Å². The number of imide groups is 1. The Morgan fingerprint density at radius 2 is 2.00 bits per heavy atom. The Labute approximate surface area is 219 Å². The Balaban J connectivity index is 1.34. The Hall–Kier alpha value is -2.55. The molecular weight excluding hydrogens is 494 g/mol. The van der Waals surface area contributed by atoms with Crippen LogP contribution in [0.2, 0.25) is 5.15 Å². The van der Waals surface area contributed by atoms with Crippen LogP contribution in [-0.2, 0) is 16.1 Å². The van der Waals surface area contributed by atoms with E-state index in [2.05, 4.69) is 22.5 Å². The molecule has 1 spiro atoms. The van der Waals surface area contributed by atoms with Crippen LogP contribution >= 0.6 is 22.9 Å². The third kappa shape index (κ3) is 3.64. The lowest BCUT2D eigenvalue weighted by Crippen LogP contribution is -2.63. The standard InChI is InChI=1S/C27H30ClN5O2S/c1-14-7-20(28)32-22(21(14)31-16-9-27(10-16)12-29-13-27)18-5-6-30-19-8-17(36-23(18)19)11-33-24(34)15(2)26(3,4)25(33)35/h5-8,15-16,29,31H,9-13H2,1-4H3. The lowest BCUT2D eigenvalue weighted by molar-refractivity contribution is -0.141. The predicted molar refractivity (Wildman–Crippen MR) is 143 cm³/mol. The molecule has 188 valence electrons. The van der Waals surface area contributed by atoms with Crippen LogP contribution in [0.15, 0.2) is 24.4 Å². The number of hydrogen-bond acceptors (Lipinski definition) is 7. The second-order valence-corrected chi connectivity index (χ2v) is 12.8. The number of nitrogens with zero attached hydrogens (tertiary/aromatic N) is 3. The molecule has 5 heterocycles. The molecule has 0 bridgehead atoms. The van der Waals surface area contributed by atoms with Crippen LogP contribution < -0.4 is 10.6 Å². The van der Waals surface area contributed by atoms with Crippen LogP contribution in [0.4, 0.5) is 5.69 Å². The molecule has 3 aliphatic rings. The number of hydrogen-bond donors (Lipinski definition) is 2. The molecule has 1 aliphatic carbocycles. The number of amides is 2. The van der Waals surface area contributed by atoms with E-state index in [1.54, 1.807) is 17.5 Å². The third-order valence-corrected chi connectivity index (χ3v) is 9.78. The highest BCUT2D eigenvalue weighted by molar-refractivity contribution is 7.19. The van der Waals surface area contributed by atoms with Gasteiger partial charge in [-0.05, 0) is 48.9 Å². The first kappa shape index (κ1) is 23.8. The normalized spacial score (nSPS) is 22.8. The number of pyridine rings is 2. The van der Waals surface area contributed by atoms with E-state index in [9.17, 15) is 9.59 Å². The van der Waals surface area contributed by atoms with E-state index < -0.39 is 5.41 Å². The summed E-state index contributed by atoms with van der Waals surface area (Å²) in [5.74, 6) is -0.569. The number of rotatable bonds is 5. The van der Waals surface area contributed by atoms with Gasteiger partial charge in [-0.15, -0.1) is 11.3 Å². The van der Waals surface area contributed by atoms with Gasteiger partial charge in [0.2, 0.25) is 11.8 Å². The summed E-state index contributed by atoms with van der Waals surface area (Å²) in [5.41, 5.74) is 4.45. The quantitative estimate of drug-likeness (QED) is 0.361. The zero-order valence-corrected chi connectivity index (χ0v) is 22.5. The SMILES string of the molecule is Cc1cc(Cl)nc(-c2ccnc3cc(CN4C(=O)C(C)C(C)(C)C4=O)sc23)c1NC1CC2(CNC2)C1. The van der Waals surface area contributed by atoms with Gasteiger partial charge in [0.15, 0.2) is 0 Å². The topological polar surface area (TPSA) is 87.2 Å². The van der Waals surface area contributed by atoms with Crippen molar-refractivity contribution in [2.45, 2.75) is 53.1 Å². The number of carbonyl (C=O) groups is 2. The second-order valence-electron chi connectivity index (χ2n) is 11.3. The molecule has 3 fully saturated rings. The first-order valence-corrected chi connectivity index (χ1v) is 13.7. The van der Waals surface area contributed by atoms with Crippen LogP contribution in [0.3, 0.4) is 0 Å². The molecule has 1 saturated carbocycles. The molecule has 2 N–H and O–H groups in total. The van der Waals surface area contributed by atoms with E-state index in [4.69, 9.17) is 16.6 Å². The van der Waals surface area contributed by atoms with E-state index in [0.29, 0.717) is 16.6 Å². The van der Waals surface area contributed by atoms with Crippen molar-refractivity contribution in [3.63, 3.8) is 0 Å². The summed E-state index contributed by atoms with van der Waals surface area (Å²) in [6, 6.07) is 6.27. The molecule has 9 heteroatoms. The van der Waals surface area contributed by atoms with E-state index in [1.807, 2.05) is 39.0 Å². The minimum atomic E-state index is -0.685. The summed E-state index contributed by atoms with van der Waals surface area (Å²) in [7, 11) is 0. The van der Waals surface area contributed by atoms with Gasteiger partial charge in [-0.3, -0.25) is 19.5 Å². The number of thiophene rings is 1. The largest absolute Gasteiger partial charge is 0.380 e. The van der Waals surface area contributed by atoms with Crippen LogP contribution in [0, 0.1) is 23.7 Å². The van der Waals surface area contributed by atoms with Crippen molar-refractivity contribution in [3.05, 3.63) is 40.0 Å². The number of fused-ring (bicyclic) bond motifs is 1. The molecule has 3 aromatic heterocycles. The van der Waals surface area contributed by atoms with Gasteiger partial charge in [0.1, 0.15) is 5.15 Å². The van der Waals surface area contributed by atoms with Crippen molar-refractivity contribution in [2.75, 3.05) is 18.4 Å². The van der Waals surface area contributed by atoms with Gasteiger partial charge in [-0.1, -0.05) is 32.4 Å². The summed E-state index contributed by atoms with van der Waals surface area (Å²) in [4.78, 5) is 37.4. The van der Waals surface area contributed by atoms with Crippen molar-refractivity contribution in [1.82, 2.24) is 20.2 Å². The molecule has 1 atom stereocenters. The van der Waals surface area contributed by atoms with Gasteiger partial charge in [0.25, 0.3) is 0 Å². The number of aryl methyl sites for hydroxylation is 1. The average molecular weight is 524 g/mol. The highest BCUT2D eigenvalue weighted by Crippen LogP contribution is 2.47. The highest BCUT2D eigenvalue weighted by atomic mass is 35.5. The lowest BCUT2D eigenvalue weighted by atomic mass is 9.61.